The molecule has 0 N–H and O–H groups in total. The van der Waals surface area contributed by atoms with Crippen LogP contribution in [0.4, 0.5) is 0 Å². The average molecular weight is 356 g/mol. The van der Waals surface area contributed by atoms with Crippen molar-refractivity contribution < 1.29 is 8.42 Å². The number of rotatable bonds is 3. The summed E-state index contributed by atoms with van der Waals surface area (Å²) >= 11 is 6.45. The highest BCUT2D eigenvalue weighted by Gasteiger charge is 2.30. The molecule has 0 saturated carbocycles. The Morgan fingerprint density at radius 2 is 2.29 bits per heavy atom. The molecule has 1 saturated heterocycles. The van der Waals surface area contributed by atoms with E-state index in [-0.39, 0.29) is 0 Å². The molecule has 0 radical (unpaired) electrons. The van der Waals surface area contributed by atoms with Gasteiger partial charge in [0.05, 0.1) is 3.79 Å². The zero-order valence-corrected chi connectivity index (χ0v) is 13.5. The van der Waals surface area contributed by atoms with Gasteiger partial charge in [0.25, 0.3) is 10.0 Å². The first-order valence-corrected chi connectivity index (χ1v) is 9.51. The van der Waals surface area contributed by atoms with Gasteiger partial charge in [-0.15, -0.1) is 11.3 Å². The van der Waals surface area contributed by atoms with Crippen LogP contribution in [0, 0.1) is 0 Å². The number of sulfonamides is 1. The third-order valence-corrected chi connectivity index (χ3v) is 8.03. The zero-order valence-electron chi connectivity index (χ0n) is 9.43. The van der Waals surface area contributed by atoms with E-state index in [1.165, 1.54) is 11.3 Å². The Labute approximate surface area is 119 Å². The van der Waals surface area contributed by atoms with Crippen LogP contribution in [0.25, 0.3) is 0 Å². The van der Waals surface area contributed by atoms with Gasteiger partial charge in [0.15, 0.2) is 0 Å². The van der Waals surface area contributed by atoms with E-state index in [9.17, 15) is 8.42 Å². The van der Waals surface area contributed by atoms with Gasteiger partial charge in [-0.2, -0.15) is 16.1 Å². The highest BCUT2D eigenvalue weighted by molar-refractivity contribution is 9.11. The molecule has 17 heavy (non-hydrogen) atoms. The Balaban J connectivity index is 2.21. The maximum absolute atomic E-state index is 12.4. The molecule has 1 aliphatic heterocycles. The fourth-order valence-corrected chi connectivity index (χ4v) is 6.76. The van der Waals surface area contributed by atoms with Crippen molar-refractivity contribution in [3.63, 3.8) is 0 Å². The summed E-state index contributed by atoms with van der Waals surface area (Å²) in [5.41, 5.74) is 0. The van der Waals surface area contributed by atoms with Gasteiger partial charge in [0.2, 0.25) is 0 Å². The minimum absolute atomic E-state index is 0.432. The molecule has 1 fully saturated rings. The molecule has 2 heterocycles. The van der Waals surface area contributed by atoms with Crippen LogP contribution in [0.2, 0.25) is 0 Å². The Morgan fingerprint density at radius 3 is 2.88 bits per heavy atom. The maximum Gasteiger partial charge on any atom is 0.252 e. The Bertz CT molecular complexity index is 485. The van der Waals surface area contributed by atoms with Gasteiger partial charge >= 0.3 is 0 Å². The van der Waals surface area contributed by atoms with E-state index in [1.54, 1.807) is 16.4 Å². The Kier molecular flexibility index (Phi) is 4.57. The van der Waals surface area contributed by atoms with Gasteiger partial charge in [-0.3, -0.25) is 0 Å². The molecule has 1 aliphatic rings. The molecule has 0 aliphatic carbocycles. The minimum Gasteiger partial charge on any atom is -0.206 e. The second-order valence-corrected chi connectivity index (χ2v) is 9.86. The molecule has 2 rings (SSSR count). The molecule has 0 bridgehead atoms. The second kappa shape index (κ2) is 5.61. The zero-order chi connectivity index (χ0) is 12.5. The topological polar surface area (TPSA) is 37.4 Å². The Hall–Kier alpha value is 0.440. The monoisotopic (exact) mass is 355 g/mol. The van der Waals surface area contributed by atoms with Crippen molar-refractivity contribution in [2.45, 2.75) is 22.8 Å². The molecule has 1 atom stereocenters. The first-order valence-electron chi connectivity index (χ1n) is 5.41. The van der Waals surface area contributed by atoms with Crippen molar-refractivity contribution >= 4 is 49.1 Å². The smallest absolute Gasteiger partial charge is 0.206 e. The van der Waals surface area contributed by atoms with Crippen LogP contribution < -0.4 is 0 Å². The predicted molar refractivity (Wildman–Crippen MR) is 77.3 cm³/mol. The van der Waals surface area contributed by atoms with E-state index in [2.05, 4.69) is 22.9 Å². The number of halogens is 1. The first-order chi connectivity index (χ1) is 8.04. The van der Waals surface area contributed by atoms with E-state index in [0.717, 1.165) is 16.0 Å². The molecule has 1 aromatic heterocycles. The van der Waals surface area contributed by atoms with Gasteiger partial charge in [-0.05, 0) is 34.5 Å². The van der Waals surface area contributed by atoms with Crippen LogP contribution in [0.15, 0.2) is 20.1 Å². The summed E-state index contributed by atoms with van der Waals surface area (Å²) in [7, 11) is -3.28. The van der Waals surface area contributed by atoms with Crippen LogP contribution in [0.1, 0.15) is 13.3 Å². The average Bonchev–Trinajstić information content (AvgIpc) is 2.76. The van der Waals surface area contributed by atoms with Crippen LogP contribution in [0.5, 0.6) is 0 Å². The number of nitrogens with zero attached hydrogens (tertiary/aromatic N) is 1. The normalized spacial score (nSPS) is 22.8. The van der Waals surface area contributed by atoms with Crippen molar-refractivity contribution in [2.24, 2.45) is 0 Å². The fourth-order valence-electron chi connectivity index (χ4n) is 1.72. The van der Waals surface area contributed by atoms with Crippen molar-refractivity contribution in [3.05, 3.63) is 15.9 Å². The molecule has 96 valence electrons. The first kappa shape index (κ1) is 13.9. The molecule has 0 spiro atoms. The molecule has 0 amide bonds. The lowest BCUT2D eigenvalue weighted by molar-refractivity contribution is 0.417. The number of hydrogen-bond acceptors (Lipinski definition) is 4. The van der Waals surface area contributed by atoms with Crippen LogP contribution in [-0.2, 0) is 10.0 Å². The molecule has 7 heteroatoms. The van der Waals surface area contributed by atoms with E-state index < -0.39 is 10.0 Å². The fraction of sp³-hybridized carbons (Fsp3) is 0.600. The lowest BCUT2D eigenvalue weighted by atomic mass is 10.3. The van der Waals surface area contributed by atoms with E-state index in [1.807, 2.05) is 11.8 Å². The molecular formula is C10H14BrNO2S3. The summed E-state index contributed by atoms with van der Waals surface area (Å²) in [6, 6.07) is 3.46. The maximum atomic E-state index is 12.4. The summed E-state index contributed by atoms with van der Waals surface area (Å²) in [4.78, 5) is 0. The predicted octanol–water partition coefficient (Wildman–Crippen LogP) is 3.03. The third kappa shape index (κ3) is 3.07. The standard InChI is InChI=1S/C10H14BrNO2S3/c1-2-8-7-12(5-6-15-8)17(13,14)10-4-3-9(11)16-10/h3-4,8H,2,5-7H2,1H3. The lowest BCUT2D eigenvalue weighted by Gasteiger charge is -2.30. The quantitative estimate of drug-likeness (QED) is 0.836. The van der Waals surface area contributed by atoms with Crippen LogP contribution >= 0.6 is 39.0 Å². The van der Waals surface area contributed by atoms with Gasteiger partial charge in [0, 0.05) is 24.1 Å². The molecule has 1 aromatic rings. The Morgan fingerprint density at radius 1 is 1.53 bits per heavy atom. The molecule has 0 aromatic carbocycles. The van der Waals surface area contributed by atoms with E-state index in [0.29, 0.717) is 22.5 Å². The molecular weight excluding hydrogens is 342 g/mol. The minimum atomic E-state index is -3.28. The molecule has 1 unspecified atom stereocenters. The van der Waals surface area contributed by atoms with Gasteiger partial charge in [-0.1, -0.05) is 6.92 Å². The number of thiophene rings is 1. The van der Waals surface area contributed by atoms with E-state index in [4.69, 9.17) is 0 Å². The van der Waals surface area contributed by atoms with Crippen molar-refractivity contribution in [1.82, 2.24) is 4.31 Å². The summed E-state index contributed by atoms with van der Waals surface area (Å²) in [6.45, 7) is 3.37. The van der Waals surface area contributed by atoms with Crippen molar-refractivity contribution in [1.29, 1.82) is 0 Å². The van der Waals surface area contributed by atoms with E-state index >= 15 is 0 Å². The lowest BCUT2D eigenvalue weighted by Crippen LogP contribution is -2.41. The second-order valence-electron chi connectivity index (χ2n) is 3.82. The van der Waals surface area contributed by atoms with Gasteiger partial charge in [0.1, 0.15) is 4.21 Å². The van der Waals surface area contributed by atoms with Gasteiger partial charge < -0.3 is 0 Å². The summed E-state index contributed by atoms with van der Waals surface area (Å²) < 4.78 is 27.6. The van der Waals surface area contributed by atoms with Crippen LogP contribution in [0.3, 0.4) is 0 Å². The van der Waals surface area contributed by atoms with Crippen LogP contribution in [-0.4, -0.2) is 36.8 Å². The SMILES string of the molecule is CCC1CN(S(=O)(=O)c2ccc(Br)s2)CCS1. The third-order valence-electron chi connectivity index (χ3n) is 2.70. The largest absolute Gasteiger partial charge is 0.252 e. The highest BCUT2D eigenvalue weighted by Crippen LogP contribution is 2.31. The summed E-state index contributed by atoms with van der Waals surface area (Å²) in [6.07, 6.45) is 1.02. The summed E-state index contributed by atoms with van der Waals surface area (Å²) in [5.74, 6) is 0.893. The number of thioether (sulfide) groups is 1. The number of hydrogen-bond donors (Lipinski definition) is 0. The molecule has 3 nitrogen and oxygen atoms in total. The van der Waals surface area contributed by atoms with Crippen molar-refractivity contribution in [2.75, 3.05) is 18.8 Å². The van der Waals surface area contributed by atoms with Gasteiger partial charge in [-0.25, -0.2) is 8.42 Å². The highest BCUT2D eigenvalue weighted by atomic mass is 79.9. The summed E-state index contributed by atoms with van der Waals surface area (Å²) in [5, 5.41) is 0.432. The van der Waals surface area contributed by atoms with Crippen molar-refractivity contribution in [3.8, 4) is 0 Å².